The molecule has 7 nitrogen and oxygen atoms in total. The molecule has 0 aliphatic carbocycles. The third kappa shape index (κ3) is 6.30. The molecule has 6 rings (SSSR count). The maximum atomic E-state index is 14.5. The van der Waals surface area contributed by atoms with E-state index in [1.807, 2.05) is 97.9 Å². The minimum absolute atomic E-state index is 0.0909. The van der Waals surface area contributed by atoms with Crippen molar-refractivity contribution in [1.82, 2.24) is 4.90 Å². The molecule has 0 amide bonds. The van der Waals surface area contributed by atoms with Gasteiger partial charge in [-0.15, -0.1) is 0 Å². The Morgan fingerprint density at radius 1 is 0.783 bits per heavy atom. The molecule has 242 valence electrons. The van der Waals surface area contributed by atoms with Crippen LogP contribution in [0.25, 0.3) is 0 Å². The van der Waals surface area contributed by atoms with Gasteiger partial charge in [-0.2, -0.15) is 0 Å². The second-order valence-electron chi connectivity index (χ2n) is 12.3. The highest BCUT2D eigenvalue weighted by atomic mass is 32.2. The van der Waals surface area contributed by atoms with Crippen molar-refractivity contribution < 1.29 is 27.7 Å². The van der Waals surface area contributed by atoms with E-state index in [-0.39, 0.29) is 11.5 Å². The van der Waals surface area contributed by atoms with Crippen LogP contribution in [0.2, 0.25) is 0 Å². The lowest BCUT2D eigenvalue weighted by Crippen LogP contribution is -2.67. The van der Waals surface area contributed by atoms with Crippen molar-refractivity contribution in [2.75, 3.05) is 26.8 Å². The average molecular weight is 642 g/mol. The number of hydrogen-bond donors (Lipinski definition) is 1. The van der Waals surface area contributed by atoms with Crippen LogP contribution in [0.15, 0.2) is 120 Å². The fourth-order valence-corrected chi connectivity index (χ4v) is 9.10. The van der Waals surface area contributed by atoms with E-state index in [0.717, 1.165) is 41.5 Å². The summed E-state index contributed by atoms with van der Waals surface area (Å²) >= 11 is 0. The minimum Gasteiger partial charge on any atom is -0.389 e. The second-order valence-corrected chi connectivity index (χ2v) is 14.4. The molecule has 0 spiro atoms. The van der Waals surface area contributed by atoms with Crippen LogP contribution in [-0.4, -0.2) is 75.0 Å². The molecule has 8 heteroatoms. The van der Waals surface area contributed by atoms with Gasteiger partial charge >= 0.3 is 0 Å². The van der Waals surface area contributed by atoms with Gasteiger partial charge in [-0.25, -0.2) is 8.42 Å². The number of rotatable bonds is 10. The van der Waals surface area contributed by atoms with Gasteiger partial charge in [0.1, 0.15) is 23.1 Å². The van der Waals surface area contributed by atoms with E-state index in [2.05, 4.69) is 4.90 Å². The van der Waals surface area contributed by atoms with Crippen molar-refractivity contribution in [1.29, 1.82) is 0 Å². The zero-order valence-corrected chi connectivity index (χ0v) is 27.3. The molecule has 0 aromatic heterocycles. The van der Waals surface area contributed by atoms with Gasteiger partial charge in [0, 0.05) is 7.11 Å². The smallest absolute Gasteiger partial charge is 0.185 e. The van der Waals surface area contributed by atoms with E-state index in [4.69, 9.17) is 14.2 Å². The molecule has 2 heterocycles. The number of benzene rings is 4. The lowest BCUT2D eigenvalue weighted by molar-refractivity contribution is -0.255. The lowest BCUT2D eigenvalue weighted by Gasteiger charge is -2.49. The number of aryl methyl sites for hydroxylation is 1. The number of sulfone groups is 1. The van der Waals surface area contributed by atoms with E-state index < -0.39 is 45.2 Å². The number of aliphatic hydroxyl groups excluding tert-OH is 1. The molecule has 0 unspecified atom stereocenters. The van der Waals surface area contributed by atoms with Gasteiger partial charge in [0.15, 0.2) is 16.1 Å². The molecular weight excluding hydrogens is 598 g/mol. The van der Waals surface area contributed by atoms with Gasteiger partial charge in [0.25, 0.3) is 0 Å². The van der Waals surface area contributed by atoms with E-state index in [0.29, 0.717) is 13.1 Å². The maximum absolute atomic E-state index is 14.5. The van der Waals surface area contributed by atoms with Gasteiger partial charge in [-0.1, -0.05) is 115 Å². The fraction of sp³-hybridized carbons (Fsp3) is 0.368. The van der Waals surface area contributed by atoms with Crippen LogP contribution in [0.1, 0.15) is 41.5 Å². The number of aliphatic hydroxyl groups is 1. The van der Waals surface area contributed by atoms with Crippen molar-refractivity contribution in [3.05, 3.63) is 138 Å². The van der Waals surface area contributed by atoms with Crippen LogP contribution in [0.5, 0.6) is 0 Å². The molecule has 2 aliphatic rings. The van der Waals surface area contributed by atoms with Crippen LogP contribution in [0.4, 0.5) is 0 Å². The molecule has 2 fully saturated rings. The van der Waals surface area contributed by atoms with Crippen LogP contribution in [0, 0.1) is 6.92 Å². The van der Waals surface area contributed by atoms with Crippen LogP contribution < -0.4 is 0 Å². The van der Waals surface area contributed by atoms with Crippen molar-refractivity contribution >= 4 is 9.84 Å². The van der Waals surface area contributed by atoms with Crippen molar-refractivity contribution in [3.8, 4) is 0 Å². The maximum Gasteiger partial charge on any atom is 0.185 e. The number of hydrogen-bond acceptors (Lipinski definition) is 7. The molecule has 2 saturated heterocycles. The van der Waals surface area contributed by atoms with Gasteiger partial charge < -0.3 is 19.3 Å². The zero-order chi connectivity index (χ0) is 32.1. The topological polar surface area (TPSA) is 85.3 Å². The van der Waals surface area contributed by atoms with E-state index >= 15 is 0 Å². The second kappa shape index (κ2) is 14.2. The summed E-state index contributed by atoms with van der Waals surface area (Å²) in [5.41, 5.74) is 2.59. The largest absolute Gasteiger partial charge is 0.389 e. The summed E-state index contributed by atoms with van der Waals surface area (Å²) in [5, 5.41) is 10.9. The number of nitrogens with zero attached hydrogens (tertiary/aromatic N) is 1. The molecule has 4 aromatic rings. The standard InChI is InChI=1S/C38H43NO6S/c1-28-21-23-32(24-22-28)46(41,42)36-34(39-25-13-6-14-26-39)37(43-2)45-33(35(36)40)27-44-38(29-15-7-3-8-16-29,30-17-9-4-10-18-30)31-19-11-5-12-20-31/h3-5,7-12,15-24,33-37,40H,6,13-14,25-27H2,1-2H3/t33-,34-,35-,36-,37-/m1/s1. The van der Waals surface area contributed by atoms with Crippen molar-refractivity contribution in [3.63, 3.8) is 0 Å². The first-order valence-corrected chi connectivity index (χ1v) is 17.6. The normalized spacial score (nSPS) is 24.5. The summed E-state index contributed by atoms with van der Waals surface area (Å²) < 4.78 is 48.4. The highest BCUT2D eigenvalue weighted by molar-refractivity contribution is 7.92. The summed E-state index contributed by atoms with van der Waals surface area (Å²) in [6.07, 6.45) is -0.297. The molecule has 2 aliphatic heterocycles. The molecule has 0 bridgehead atoms. The van der Waals surface area contributed by atoms with E-state index in [1.54, 1.807) is 24.3 Å². The molecular formula is C38H43NO6S. The first kappa shape index (κ1) is 32.6. The fourth-order valence-electron chi connectivity index (χ4n) is 7.06. The Kier molecular flexibility index (Phi) is 10.0. The Hall–Kier alpha value is -3.37. The molecule has 5 atom stereocenters. The van der Waals surface area contributed by atoms with Crippen LogP contribution in [-0.2, 0) is 29.6 Å². The first-order chi connectivity index (χ1) is 22.4. The highest BCUT2D eigenvalue weighted by Crippen LogP contribution is 2.42. The Balaban J connectivity index is 1.42. The predicted octanol–water partition coefficient (Wildman–Crippen LogP) is 5.73. The van der Waals surface area contributed by atoms with E-state index in [9.17, 15) is 13.5 Å². The third-order valence-electron chi connectivity index (χ3n) is 9.40. The summed E-state index contributed by atoms with van der Waals surface area (Å²) in [6.45, 7) is 3.25. The van der Waals surface area contributed by atoms with Crippen LogP contribution in [0.3, 0.4) is 0 Å². The number of methoxy groups -OCH3 is 1. The van der Waals surface area contributed by atoms with Gasteiger partial charge in [0.2, 0.25) is 0 Å². The molecule has 0 radical (unpaired) electrons. The van der Waals surface area contributed by atoms with Crippen molar-refractivity contribution in [2.45, 2.75) is 66.5 Å². The summed E-state index contributed by atoms with van der Waals surface area (Å²) in [5.74, 6) is 0. The third-order valence-corrected chi connectivity index (χ3v) is 11.6. The Bertz CT molecular complexity index is 1550. The van der Waals surface area contributed by atoms with E-state index in [1.165, 1.54) is 7.11 Å². The SMILES string of the molecule is CO[C@@H]1O[C@H](COC(c2ccccc2)(c2ccccc2)c2ccccc2)[C@@H](O)[C@H](S(=O)(=O)c2ccc(C)cc2)[C@H]1N1CCCCC1. The number of ether oxygens (including phenoxy) is 3. The predicted molar refractivity (Wildman–Crippen MR) is 178 cm³/mol. The molecule has 46 heavy (non-hydrogen) atoms. The van der Waals surface area contributed by atoms with Gasteiger partial charge in [-0.3, -0.25) is 4.90 Å². The average Bonchev–Trinajstić information content (AvgIpc) is 3.10. The lowest BCUT2D eigenvalue weighted by atomic mass is 9.80. The Morgan fingerprint density at radius 3 is 1.76 bits per heavy atom. The minimum atomic E-state index is -4.02. The summed E-state index contributed by atoms with van der Waals surface area (Å²) in [6, 6.07) is 36.0. The molecule has 1 N–H and O–H groups in total. The van der Waals surface area contributed by atoms with Gasteiger partial charge in [0.05, 0.1) is 17.5 Å². The monoisotopic (exact) mass is 641 g/mol. The summed E-state index contributed by atoms with van der Waals surface area (Å²) in [7, 11) is -2.48. The number of likely N-dealkylation sites (tertiary alicyclic amines) is 1. The number of piperidine rings is 1. The zero-order valence-electron chi connectivity index (χ0n) is 26.4. The first-order valence-electron chi connectivity index (χ1n) is 16.1. The quantitative estimate of drug-likeness (QED) is 0.221. The highest BCUT2D eigenvalue weighted by Gasteiger charge is 2.54. The molecule has 4 aromatic carbocycles. The molecule has 0 saturated carbocycles. The summed E-state index contributed by atoms with van der Waals surface area (Å²) in [4.78, 5) is 2.30. The van der Waals surface area contributed by atoms with Crippen molar-refractivity contribution in [2.24, 2.45) is 0 Å². The van der Waals surface area contributed by atoms with Crippen LogP contribution >= 0.6 is 0 Å². The Morgan fingerprint density at radius 2 is 1.28 bits per heavy atom. The Labute approximate surface area is 272 Å². The van der Waals surface area contributed by atoms with Gasteiger partial charge in [-0.05, 0) is 61.7 Å².